The number of benzene rings is 4. The molecule has 4 heterocycles. The Morgan fingerprint density at radius 1 is 0.549 bits per heavy atom. The normalized spacial score (nSPS) is 11.6. The van der Waals surface area contributed by atoms with E-state index >= 15 is 0 Å². The molecule has 2 N–H and O–H groups in total. The Morgan fingerprint density at radius 2 is 0.941 bits per heavy atom. The van der Waals surface area contributed by atoms with Crippen LogP contribution in [-0.2, 0) is 25.9 Å². The molecule has 0 saturated carbocycles. The number of para-hydroxylation sites is 2. The summed E-state index contributed by atoms with van der Waals surface area (Å²) in [5.41, 5.74) is 9.95. The molecule has 252 valence electrons. The molecule has 0 aliphatic heterocycles. The van der Waals surface area contributed by atoms with Gasteiger partial charge in [-0.3, -0.25) is 0 Å². The number of rotatable bonds is 10. The topological polar surface area (TPSA) is 110 Å². The van der Waals surface area contributed by atoms with Gasteiger partial charge in [-0.25, -0.2) is 19.6 Å². The van der Waals surface area contributed by atoms with Crippen molar-refractivity contribution >= 4 is 55.6 Å². The number of carboxylic acids is 2. The molecule has 0 radical (unpaired) electrons. The first-order valence-electron chi connectivity index (χ1n) is 17.2. The van der Waals surface area contributed by atoms with Crippen LogP contribution in [0, 0.1) is 13.8 Å². The zero-order chi connectivity index (χ0) is 35.2. The second kappa shape index (κ2) is 12.9. The fraction of sp³-hybridized carbons (Fsp3) is 0.163. The molecule has 0 amide bonds. The summed E-state index contributed by atoms with van der Waals surface area (Å²) in [6, 6.07) is 36.1. The van der Waals surface area contributed by atoms with Gasteiger partial charge >= 0.3 is 11.9 Å². The Bertz CT molecular complexity index is 2480. The van der Waals surface area contributed by atoms with Crippen LogP contribution in [0.25, 0.3) is 43.6 Å². The molecule has 0 aliphatic carbocycles. The molecule has 8 aromatic rings. The predicted octanol–water partition coefficient (Wildman–Crippen LogP) is 8.98. The Balaban J connectivity index is 1.26. The lowest BCUT2D eigenvalue weighted by atomic mass is 10.0. The van der Waals surface area contributed by atoms with E-state index < -0.39 is 11.9 Å². The van der Waals surface area contributed by atoms with Crippen molar-refractivity contribution in [1.29, 1.82) is 0 Å². The summed E-state index contributed by atoms with van der Waals surface area (Å²) in [4.78, 5) is 34.2. The zero-order valence-corrected chi connectivity index (χ0v) is 28.4. The van der Waals surface area contributed by atoms with Crippen LogP contribution in [0.3, 0.4) is 0 Å². The van der Waals surface area contributed by atoms with Crippen molar-refractivity contribution < 1.29 is 19.8 Å². The summed E-state index contributed by atoms with van der Waals surface area (Å²) in [7, 11) is 0. The third-order valence-electron chi connectivity index (χ3n) is 10.1. The maximum absolute atomic E-state index is 12.4. The van der Waals surface area contributed by atoms with Gasteiger partial charge in [0.1, 0.15) is 11.4 Å². The van der Waals surface area contributed by atoms with Gasteiger partial charge in [0.2, 0.25) is 0 Å². The lowest BCUT2D eigenvalue weighted by molar-refractivity contribution is 0.0680. The number of hydrogen-bond acceptors (Lipinski definition) is 4. The Labute approximate surface area is 294 Å². The highest BCUT2D eigenvalue weighted by Gasteiger charge is 2.22. The van der Waals surface area contributed by atoms with Crippen molar-refractivity contribution in [2.75, 3.05) is 0 Å². The van der Waals surface area contributed by atoms with E-state index in [1.165, 1.54) is 22.3 Å². The van der Waals surface area contributed by atoms with Crippen molar-refractivity contribution in [3.63, 3.8) is 0 Å². The molecule has 51 heavy (non-hydrogen) atoms. The highest BCUT2D eigenvalue weighted by molar-refractivity contribution is 6.11. The summed E-state index contributed by atoms with van der Waals surface area (Å²) in [5.74, 6) is -2.15. The molecule has 4 aromatic heterocycles. The van der Waals surface area contributed by atoms with Gasteiger partial charge in [0, 0.05) is 45.7 Å². The second-order valence-corrected chi connectivity index (χ2v) is 13.2. The summed E-state index contributed by atoms with van der Waals surface area (Å²) in [5, 5.41) is 23.9. The van der Waals surface area contributed by atoms with Crippen molar-refractivity contribution in [3.05, 3.63) is 154 Å². The molecule has 0 unspecified atom stereocenters. The van der Waals surface area contributed by atoms with Gasteiger partial charge in [-0.2, -0.15) is 0 Å². The van der Waals surface area contributed by atoms with Crippen LogP contribution >= 0.6 is 0 Å². The summed E-state index contributed by atoms with van der Waals surface area (Å²) in [6.07, 6.45) is 1.52. The number of carbonyl (C=O) groups is 2. The lowest BCUT2D eigenvalue weighted by Crippen LogP contribution is -2.10. The number of hydrogen-bond donors (Lipinski definition) is 2. The number of pyridine rings is 2. The number of fused-ring (bicyclic) bond motifs is 6. The van der Waals surface area contributed by atoms with Crippen LogP contribution in [0.2, 0.25) is 0 Å². The SMILES string of the molecule is Cc1ccccc1Cn1c2ccccc2c2cc(C(=O)O)nc(CCCc3nc(C(=O)O)cc4c5ccccc5n(Cc5ccccc5C)c34)c21. The van der Waals surface area contributed by atoms with Crippen LogP contribution in [0.5, 0.6) is 0 Å². The standard InChI is InChI=1S/C43H36N4O4/c1-26-12-3-5-14-28(26)24-46-38-20-9-7-16-30(38)32-22-36(42(48)49)44-34(40(32)46)18-11-19-35-41-33(23-37(45-35)43(50)51)31-17-8-10-21-39(31)47(41)25-29-15-6-4-13-27(29)2/h3-10,12-17,20-23H,11,18-19,24-25H2,1-2H3,(H,48,49)(H,50,51). The molecule has 8 heteroatoms. The number of aromatic nitrogens is 4. The molecular weight excluding hydrogens is 636 g/mol. The van der Waals surface area contributed by atoms with Gasteiger partial charge in [0.15, 0.2) is 0 Å². The minimum atomic E-state index is -1.08. The average Bonchev–Trinajstić information content (AvgIpc) is 3.62. The maximum atomic E-state index is 12.4. The third kappa shape index (κ3) is 5.68. The summed E-state index contributed by atoms with van der Waals surface area (Å²) in [6.45, 7) is 5.42. The minimum Gasteiger partial charge on any atom is -0.477 e. The quantitative estimate of drug-likeness (QED) is 0.150. The molecule has 8 rings (SSSR count). The van der Waals surface area contributed by atoms with Gasteiger partial charge in [-0.05, 0) is 79.6 Å². The number of nitrogens with zero attached hydrogens (tertiary/aromatic N) is 4. The van der Waals surface area contributed by atoms with Crippen LogP contribution in [0.4, 0.5) is 0 Å². The molecule has 4 aromatic carbocycles. The average molecular weight is 673 g/mol. The van der Waals surface area contributed by atoms with Crippen molar-refractivity contribution in [2.45, 2.75) is 46.2 Å². The van der Waals surface area contributed by atoms with Crippen molar-refractivity contribution in [2.24, 2.45) is 0 Å². The maximum Gasteiger partial charge on any atom is 0.354 e. The lowest BCUT2D eigenvalue weighted by Gasteiger charge is -2.14. The van der Waals surface area contributed by atoms with E-state index in [0.29, 0.717) is 43.7 Å². The Morgan fingerprint density at radius 3 is 1.35 bits per heavy atom. The molecule has 8 nitrogen and oxygen atoms in total. The van der Waals surface area contributed by atoms with Gasteiger partial charge in [0.25, 0.3) is 0 Å². The fourth-order valence-electron chi connectivity index (χ4n) is 7.54. The van der Waals surface area contributed by atoms with Gasteiger partial charge in [0.05, 0.1) is 22.4 Å². The first-order valence-corrected chi connectivity index (χ1v) is 17.2. The fourth-order valence-corrected chi connectivity index (χ4v) is 7.54. The highest BCUT2D eigenvalue weighted by atomic mass is 16.4. The van der Waals surface area contributed by atoms with E-state index in [0.717, 1.165) is 43.6 Å². The molecular formula is C43H36N4O4. The monoisotopic (exact) mass is 672 g/mol. The third-order valence-corrected chi connectivity index (χ3v) is 10.1. The molecule has 0 fully saturated rings. The van der Waals surface area contributed by atoms with E-state index in [2.05, 4.69) is 59.4 Å². The van der Waals surface area contributed by atoms with Crippen molar-refractivity contribution in [3.8, 4) is 0 Å². The molecule has 0 spiro atoms. The van der Waals surface area contributed by atoms with Crippen LogP contribution in [-0.4, -0.2) is 41.3 Å². The van der Waals surface area contributed by atoms with Gasteiger partial charge < -0.3 is 19.3 Å². The first-order chi connectivity index (χ1) is 24.8. The second-order valence-electron chi connectivity index (χ2n) is 13.2. The van der Waals surface area contributed by atoms with Crippen LogP contribution in [0.1, 0.15) is 61.0 Å². The predicted molar refractivity (Wildman–Crippen MR) is 201 cm³/mol. The Hall–Kier alpha value is -6.28. The van der Waals surface area contributed by atoms with E-state index in [1.54, 1.807) is 12.1 Å². The smallest absolute Gasteiger partial charge is 0.354 e. The summed E-state index contributed by atoms with van der Waals surface area (Å²) >= 11 is 0. The van der Waals surface area contributed by atoms with E-state index in [9.17, 15) is 19.8 Å². The minimum absolute atomic E-state index is 0.00282. The molecule has 0 aliphatic rings. The number of carboxylic acid groups (broad SMARTS) is 2. The molecule has 0 bridgehead atoms. The zero-order valence-electron chi connectivity index (χ0n) is 28.4. The highest BCUT2D eigenvalue weighted by Crippen LogP contribution is 2.35. The number of aromatic carboxylic acids is 2. The largest absolute Gasteiger partial charge is 0.477 e. The van der Waals surface area contributed by atoms with Crippen LogP contribution in [0.15, 0.2) is 109 Å². The van der Waals surface area contributed by atoms with Crippen molar-refractivity contribution in [1.82, 2.24) is 19.1 Å². The van der Waals surface area contributed by atoms with E-state index in [-0.39, 0.29) is 11.4 Å². The van der Waals surface area contributed by atoms with Crippen LogP contribution < -0.4 is 0 Å². The number of aryl methyl sites for hydroxylation is 4. The molecule has 0 atom stereocenters. The first kappa shape index (κ1) is 32.0. The van der Waals surface area contributed by atoms with E-state index in [1.807, 2.05) is 60.7 Å². The van der Waals surface area contributed by atoms with E-state index in [4.69, 9.17) is 9.97 Å². The molecule has 0 saturated heterocycles. The Kier molecular flexibility index (Phi) is 8.07. The van der Waals surface area contributed by atoms with Gasteiger partial charge in [-0.15, -0.1) is 0 Å². The van der Waals surface area contributed by atoms with Gasteiger partial charge in [-0.1, -0.05) is 84.9 Å². The summed E-state index contributed by atoms with van der Waals surface area (Å²) < 4.78 is 4.51.